The molecule has 0 heterocycles. The molecule has 0 radical (unpaired) electrons. The largest absolute Gasteiger partial charge is 0.388 e. The van der Waals surface area contributed by atoms with Crippen LogP contribution in [0, 0.1) is 11.8 Å². The van der Waals surface area contributed by atoms with Crippen LogP contribution < -0.4 is 5.32 Å². The second-order valence-electron chi connectivity index (χ2n) is 5.42. The van der Waals surface area contributed by atoms with Crippen LogP contribution >= 0.6 is 0 Å². The van der Waals surface area contributed by atoms with Crippen molar-refractivity contribution < 1.29 is 5.11 Å². The molecule has 0 aromatic heterocycles. The van der Waals surface area contributed by atoms with Crippen molar-refractivity contribution in [1.29, 1.82) is 0 Å². The molecule has 3 atom stereocenters. The van der Waals surface area contributed by atoms with Crippen molar-refractivity contribution in [1.82, 2.24) is 5.32 Å². The quantitative estimate of drug-likeness (QED) is 0.730. The molecule has 14 heavy (non-hydrogen) atoms. The minimum Gasteiger partial charge on any atom is -0.388 e. The average molecular weight is 199 g/mol. The van der Waals surface area contributed by atoms with Gasteiger partial charge in [-0.3, -0.25) is 0 Å². The molecule has 1 aliphatic rings. The molecule has 0 spiro atoms. The van der Waals surface area contributed by atoms with Gasteiger partial charge in [0.1, 0.15) is 0 Å². The molecule has 0 aliphatic heterocycles. The fourth-order valence-electron chi connectivity index (χ4n) is 2.33. The molecule has 2 heteroatoms. The third kappa shape index (κ3) is 2.96. The number of nitrogens with one attached hydrogen (secondary N) is 1. The highest BCUT2D eigenvalue weighted by Crippen LogP contribution is 2.36. The lowest BCUT2D eigenvalue weighted by atomic mass is 9.72. The number of aliphatic hydroxyl groups is 1. The maximum atomic E-state index is 10.4. The van der Waals surface area contributed by atoms with Gasteiger partial charge in [-0.1, -0.05) is 27.7 Å². The van der Waals surface area contributed by atoms with Crippen LogP contribution in [0.15, 0.2) is 0 Å². The van der Waals surface area contributed by atoms with Gasteiger partial charge in [-0.15, -0.1) is 0 Å². The lowest BCUT2D eigenvalue weighted by Crippen LogP contribution is -2.50. The average Bonchev–Trinajstić information content (AvgIpc) is 2.09. The Morgan fingerprint density at radius 2 is 2.07 bits per heavy atom. The Morgan fingerprint density at radius 3 is 2.57 bits per heavy atom. The Morgan fingerprint density at radius 1 is 1.43 bits per heavy atom. The van der Waals surface area contributed by atoms with Crippen LogP contribution in [0.1, 0.15) is 47.0 Å². The van der Waals surface area contributed by atoms with Crippen molar-refractivity contribution in [2.24, 2.45) is 11.8 Å². The lowest BCUT2D eigenvalue weighted by molar-refractivity contribution is -0.0520. The molecule has 0 bridgehead atoms. The Labute approximate surface area is 88.1 Å². The summed E-state index contributed by atoms with van der Waals surface area (Å²) >= 11 is 0. The lowest BCUT2D eigenvalue weighted by Gasteiger charge is -2.41. The zero-order chi connectivity index (χ0) is 10.8. The van der Waals surface area contributed by atoms with E-state index in [4.69, 9.17) is 0 Å². The van der Waals surface area contributed by atoms with Crippen LogP contribution in [0.4, 0.5) is 0 Å². The smallest absolute Gasteiger partial charge is 0.0797 e. The van der Waals surface area contributed by atoms with Gasteiger partial charge in [-0.2, -0.15) is 0 Å². The molecule has 2 N–H and O–H groups in total. The predicted octanol–water partition coefficient (Wildman–Crippen LogP) is 2.17. The molecule has 0 aromatic carbocycles. The molecule has 2 nitrogen and oxygen atoms in total. The summed E-state index contributed by atoms with van der Waals surface area (Å²) in [4.78, 5) is 0. The van der Waals surface area contributed by atoms with Gasteiger partial charge < -0.3 is 10.4 Å². The molecule has 84 valence electrons. The topological polar surface area (TPSA) is 32.3 Å². The highest BCUT2D eigenvalue weighted by Gasteiger charge is 2.37. The molecule has 1 aliphatic carbocycles. The monoisotopic (exact) mass is 199 g/mol. The molecule has 3 unspecified atom stereocenters. The molecule has 1 fully saturated rings. The van der Waals surface area contributed by atoms with E-state index in [9.17, 15) is 5.11 Å². The zero-order valence-electron chi connectivity index (χ0n) is 10.0. The first-order valence-electron chi connectivity index (χ1n) is 5.90. The zero-order valence-corrected chi connectivity index (χ0v) is 10.0. The van der Waals surface area contributed by atoms with Gasteiger partial charge in [0.05, 0.1) is 5.60 Å². The number of hydrogen-bond donors (Lipinski definition) is 2. The fraction of sp³-hybridized carbons (Fsp3) is 1.00. The summed E-state index contributed by atoms with van der Waals surface area (Å²) in [6, 6.07) is 0.463. The van der Waals surface area contributed by atoms with E-state index in [0.717, 1.165) is 25.3 Å². The standard InChI is InChI=1S/C12H25NO/c1-9(2)13-8-12(14)6-5-10(3)7-11(12)4/h9-11,13-14H,5-8H2,1-4H3. The molecule has 1 saturated carbocycles. The van der Waals surface area contributed by atoms with Crippen LogP contribution in [0.2, 0.25) is 0 Å². The normalized spacial score (nSPS) is 39.0. The maximum Gasteiger partial charge on any atom is 0.0797 e. The van der Waals surface area contributed by atoms with E-state index in [1.54, 1.807) is 0 Å². The predicted molar refractivity (Wildman–Crippen MR) is 60.3 cm³/mol. The van der Waals surface area contributed by atoms with E-state index < -0.39 is 5.60 Å². The van der Waals surface area contributed by atoms with Crippen LogP contribution in [0.25, 0.3) is 0 Å². The Balaban J connectivity index is 2.46. The summed E-state index contributed by atoms with van der Waals surface area (Å²) < 4.78 is 0. The van der Waals surface area contributed by atoms with Gasteiger partial charge in [0.15, 0.2) is 0 Å². The highest BCUT2D eigenvalue weighted by atomic mass is 16.3. The Kier molecular flexibility index (Phi) is 3.96. The third-order valence-corrected chi connectivity index (χ3v) is 3.56. The molecular formula is C12H25NO. The van der Waals surface area contributed by atoms with E-state index in [1.165, 1.54) is 6.42 Å². The van der Waals surface area contributed by atoms with Crippen molar-refractivity contribution >= 4 is 0 Å². The van der Waals surface area contributed by atoms with Crippen LogP contribution in [-0.4, -0.2) is 23.3 Å². The minimum atomic E-state index is -0.462. The van der Waals surface area contributed by atoms with Gasteiger partial charge in [0.25, 0.3) is 0 Å². The number of rotatable bonds is 3. The van der Waals surface area contributed by atoms with Crippen molar-refractivity contribution in [3.8, 4) is 0 Å². The SMILES string of the molecule is CC1CCC(O)(CNC(C)C)C(C)C1. The molecule has 0 aromatic rings. The molecular weight excluding hydrogens is 174 g/mol. The van der Waals surface area contributed by atoms with Crippen LogP contribution in [-0.2, 0) is 0 Å². The van der Waals surface area contributed by atoms with Gasteiger partial charge >= 0.3 is 0 Å². The first kappa shape index (κ1) is 12.0. The third-order valence-electron chi connectivity index (χ3n) is 3.56. The highest BCUT2D eigenvalue weighted by molar-refractivity contribution is 4.91. The summed E-state index contributed by atoms with van der Waals surface area (Å²) in [5, 5.41) is 13.8. The van der Waals surface area contributed by atoms with E-state index in [0.29, 0.717) is 12.0 Å². The summed E-state index contributed by atoms with van der Waals surface area (Å²) in [6.07, 6.45) is 3.28. The number of hydrogen-bond acceptors (Lipinski definition) is 2. The summed E-state index contributed by atoms with van der Waals surface area (Å²) in [5.41, 5.74) is -0.462. The fourth-order valence-corrected chi connectivity index (χ4v) is 2.33. The van der Waals surface area contributed by atoms with Crippen LogP contribution in [0.5, 0.6) is 0 Å². The first-order chi connectivity index (χ1) is 6.44. The Bertz CT molecular complexity index is 181. The van der Waals surface area contributed by atoms with E-state index in [-0.39, 0.29) is 0 Å². The second kappa shape index (κ2) is 4.63. The summed E-state index contributed by atoms with van der Waals surface area (Å²) in [6.45, 7) is 9.46. The van der Waals surface area contributed by atoms with E-state index in [2.05, 4.69) is 33.0 Å². The van der Waals surface area contributed by atoms with E-state index >= 15 is 0 Å². The van der Waals surface area contributed by atoms with Gasteiger partial charge in [-0.25, -0.2) is 0 Å². The van der Waals surface area contributed by atoms with Gasteiger partial charge in [-0.05, 0) is 31.1 Å². The van der Waals surface area contributed by atoms with Crippen molar-refractivity contribution in [2.75, 3.05) is 6.54 Å². The first-order valence-corrected chi connectivity index (χ1v) is 5.90. The van der Waals surface area contributed by atoms with E-state index in [1.807, 2.05) is 0 Å². The van der Waals surface area contributed by atoms with Crippen molar-refractivity contribution in [3.05, 3.63) is 0 Å². The molecule has 0 amide bonds. The maximum absolute atomic E-state index is 10.4. The molecule has 1 rings (SSSR count). The summed E-state index contributed by atoms with van der Waals surface area (Å²) in [7, 11) is 0. The van der Waals surface area contributed by atoms with Crippen molar-refractivity contribution in [2.45, 2.75) is 58.6 Å². The minimum absolute atomic E-state index is 0.428. The Hall–Kier alpha value is -0.0800. The van der Waals surface area contributed by atoms with Gasteiger partial charge in [0, 0.05) is 12.6 Å². The second-order valence-corrected chi connectivity index (χ2v) is 5.42. The van der Waals surface area contributed by atoms with Gasteiger partial charge in [0.2, 0.25) is 0 Å². The molecule has 0 saturated heterocycles. The van der Waals surface area contributed by atoms with Crippen LogP contribution in [0.3, 0.4) is 0 Å². The van der Waals surface area contributed by atoms with Crippen molar-refractivity contribution in [3.63, 3.8) is 0 Å². The summed E-state index contributed by atoms with van der Waals surface area (Å²) in [5.74, 6) is 1.21.